The molecule has 172 valence electrons. The third-order valence-corrected chi connectivity index (χ3v) is 6.47. The summed E-state index contributed by atoms with van der Waals surface area (Å²) in [6, 6.07) is -1.91. The molecule has 8 aromatic rings. The third kappa shape index (κ3) is 2.98. The molecule has 37 heavy (non-hydrogen) atoms. The van der Waals surface area contributed by atoms with Crippen LogP contribution in [-0.2, 0) is 0 Å². The standard InChI is InChI=1S/C36H22O/c1-2-11-24-22-25(21-20-23(24)10-1)34-26-12-3-5-14-28(26)35(29-15-6-4-13-27(29)34)31-17-9-19-33-36(31)30-16-7-8-18-32(30)37-33/h1-22H/i1D,2D,3D,4D,5D,6D,7D,8D,9D,10D,11D,16D,17D,18D,19D,20D,22D. The molecule has 1 heterocycles. The van der Waals surface area contributed by atoms with Crippen molar-refractivity contribution in [2.24, 2.45) is 0 Å². The first-order chi connectivity index (χ1) is 25.4. The zero-order valence-electron chi connectivity index (χ0n) is 35.8. The van der Waals surface area contributed by atoms with Gasteiger partial charge in [0.05, 0.1) is 23.3 Å². The quantitative estimate of drug-likeness (QED) is 0.221. The van der Waals surface area contributed by atoms with Crippen molar-refractivity contribution < 1.29 is 27.7 Å². The molecule has 0 N–H and O–H groups in total. The molecule has 1 aromatic heterocycles. The van der Waals surface area contributed by atoms with Crippen molar-refractivity contribution in [3.05, 3.63) is 133 Å². The minimum Gasteiger partial charge on any atom is -0.456 e. The molecule has 1 heteroatoms. The van der Waals surface area contributed by atoms with E-state index in [0.717, 1.165) is 0 Å². The van der Waals surface area contributed by atoms with Crippen LogP contribution in [0.15, 0.2) is 137 Å². The highest BCUT2D eigenvalue weighted by Crippen LogP contribution is 2.46. The number of hydrogen-bond acceptors (Lipinski definition) is 1. The van der Waals surface area contributed by atoms with E-state index in [2.05, 4.69) is 0 Å². The Morgan fingerprint density at radius 1 is 0.459 bits per heavy atom. The van der Waals surface area contributed by atoms with Crippen LogP contribution in [0.3, 0.4) is 0 Å². The number of rotatable bonds is 2. The van der Waals surface area contributed by atoms with Gasteiger partial charge in [0, 0.05) is 10.8 Å². The van der Waals surface area contributed by atoms with Crippen molar-refractivity contribution in [3.8, 4) is 22.3 Å². The van der Waals surface area contributed by atoms with Crippen LogP contribution in [0.25, 0.3) is 76.5 Å². The Morgan fingerprint density at radius 2 is 1.08 bits per heavy atom. The maximum absolute atomic E-state index is 9.32. The molecule has 0 saturated heterocycles. The monoisotopic (exact) mass is 487 g/mol. The van der Waals surface area contributed by atoms with E-state index in [1.165, 1.54) is 30.3 Å². The van der Waals surface area contributed by atoms with Crippen LogP contribution >= 0.6 is 0 Å². The maximum Gasteiger partial charge on any atom is 0.136 e. The first kappa shape index (κ1) is 9.88. The molecular weight excluding hydrogens is 448 g/mol. The predicted octanol–water partition coefficient (Wildman–Crippen LogP) is 10.4. The Labute approximate surface area is 238 Å². The van der Waals surface area contributed by atoms with Crippen LogP contribution in [0.5, 0.6) is 0 Å². The van der Waals surface area contributed by atoms with Crippen LogP contribution in [0.4, 0.5) is 0 Å². The summed E-state index contributed by atoms with van der Waals surface area (Å²) in [6.07, 6.45) is 0. The average molecular weight is 488 g/mol. The maximum atomic E-state index is 9.32. The average Bonchev–Trinajstić information content (AvgIpc) is 3.53. The van der Waals surface area contributed by atoms with E-state index in [1.54, 1.807) is 0 Å². The molecule has 1 nitrogen and oxygen atoms in total. The van der Waals surface area contributed by atoms with Crippen molar-refractivity contribution >= 4 is 54.3 Å². The Hall–Kier alpha value is -4.88. The Morgan fingerprint density at radius 3 is 1.84 bits per heavy atom. The summed E-state index contributed by atoms with van der Waals surface area (Å²) < 4.78 is 153. The van der Waals surface area contributed by atoms with Crippen LogP contribution in [0.1, 0.15) is 23.3 Å². The van der Waals surface area contributed by atoms with Crippen molar-refractivity contribution in [3.63, 3.8) is 0 Å². The van der Waals surface area contributed by atoms with Gasteiger partial charge in [-0.1, -0.05) is 115 Å². The van der Waals surface area contributed by atoms with Crippen LogP contribution < -0.4 is 0 Å². The smallest absolute Gasteiger partial charge is 0.136 e. The highest BCUT2D eigenvalue weighted by molar-refractivity contribution is 6.25. The van der Waals surface area contributed by atoms with Gasteiger partial charge in [0.15, 0.2) is 0 Å². The lowest BCUT2D eigenvalue weighted by Crippen LogP contribution is -1.91. The largest absolute Gasteiger partial charge is 0.456 e. The van der Waals surface area contributed by atoms with E-state index in [1.807, 2.05) is 0 Å². The van der Waals surface area contributed by atoms with Gasteiger partial charge in [0.1, 0.15) is 11.2 Å². The fraction of sp³-hybridized carbons (Fsp3) is 0. The second-order valence-corrected chi connectivity index (χ2v) is 8.40. The molecule has 7 aromatic carbocycles. The van der Waals surface area contributed by atoms with Crippen molar-refractivity contribution in [1.29, 1.82) is 0 Å². The molecule has 0 aliphatic heterocycles. The number of para-hydroxylation sites is 1. The molecule has 0 aliphatic rings. The molecule has 0 bridgehead atoms. The highest BCUT2D eigenvalue weighted by Gasteiger charge is 2.20. The van der Waals surface area contributed by atoms with E-state index in [9.17, 15) is 2.74 Å². The summed E-state index contributed by atoms with van der Waals surface area (Å²) in [4.78, 5) is 0. The second kappa shape index (κ2) is 7.81. The van der Waals surface area contributed by atoms with Crippen LogP contribution in [-0.4, -0.2) is 0 Å². The molecule has 0 amide bonds. The summed E-state index contributed by atoms with van der Waals surface area (Å²) in [5, 5.41) is -0.254. The molecule has 0 spiro atoms. The van der Waals surface area contributed by atoms with Gasteiger partial charge in [-0.05, 0) is 72.7 Å². The molecule has 0 atom stereocenters. The SMILES string of the molecule is [2H]c1cc2c(-c3cc([2H])c4c([2H])c([2H])c([2H])c([2H])c4c3[2H])c3cc([2H])c([2H])cc3c(-c3c([2H])c([2H])c([2H])c4oc5c([2H])c([2H])c([2H])c([2H])c5c34)c2cc1[2H]. The highest BCUT2D eigenvalue weighted by atomic mass is 16.3. The molecule has 0 aliphatic carbocycles. The van der Waals surface area contributed by atoms with Crippen molar-refractivity contribution in [1.82, 2.24) is 0 Å². The second-order valence-electron chi connectivity index (χ2n) is 8.40. The Balaban J connectivity index is 1.68. The lowest BCUT2D eigenvalue weighted by molar-refractivity contribution is 0.669. The number of hydrogen-bond donors (Lipinski definition) is 0. The number of furan rings is 1. The lowest BCUT2D eigenvalue weighted by atomic mass is 9.84. The van der Waals surface area contributed by atoms with Gasteiger partial charge in [-0.25, -0.2) is 0 Å². The van der Waals surface area contributed by atoms with Gasteiger partial charge in [0.25, 0.3) is 0 Å². The molecular formula is C36H22O. The van der Waals surface area contributed by atoms with Gasteiger partial charge in [-0.2, -0.15) is 0 Å². The fourth-order valence-corrected chi connectivity index (χ4v) is 4.95. The van der Waals surface area contributed by atoms with Crippen molar-refractivity contribution in [2.75, 3.05) is 0 Å². The topological polar surface area (TPSA) is 13.1 Å². The molecule has 0 fully saturated rings. The van der Waals surface area contributed by atoms with Crippen molar-refractivity contribution in [2.45, 2.75) is 0 Å². The summed E-state index contributed by atoms with van der Waals surface area (Å²) >= 11 is 0. The molecule has 0 saturated carbocycles. The third-order valence-electron chi connectivity index (χ3n) is 6.47. The first-order valence-electron chi connectivity index (χ1n) is 19.8. The zero-order valence-corrected chi connectivity index (χ0v) is 18.8. The summed E-state index contributed by atoms with van der Waals surface area (Å²) in [5.74, 6) is 0. The Bertz CT molecular complexity index is 3010. The summed E-state index contributed by atoms with van der Waals surface area (Å²) in [5.41, 5.74) is -0.664. The minimum atomic E-state index is -0.625. The van der Waals surface area contributed by atoms with E-state index in [4.69, 9.17) is 25.0 Å². The Kier molecular flexibility index (Phi) is 2.09. The minimum absolute atomic E-state index is 0.0323. The first-order valence-corrected chi connectivity index (χ1v) is 11.3. The van der Waals surface area contributed by atoms with Crippen LogP contribution in [0, 0.1) is 0 Å². The van der Waals surface area contributed by atoms with E-state index in [0.29, 0.717) is 0 Å². The summed E-state index contributed by atoms with van der Waals surface area (Å²) in [6.45, 7) is 0. The summed E-state index contributed by atoms with van der Waals surface area (Å²) in [7, 11) is 0. The predicted molar refractivity (Wildman–Crippen MR) is 157 cm³/mol. The van der Waals surface area contributed by atoms with Gasteiger partial charge in [-0.15, -0.1) is 0 Å². The van der Waals surface area contributed by atoms with Gasteiger partial charge in [-0.3, -0.25) is 0 Å². The van der Waals surface area contributed by atoms with Crippen LogP contribution in [0.2, 0.25) is 0 Å². The van der Waals surface area contributed by atoms with Gasteiger partial charge >= 0.3 is 0 Å². The lowest BCUT2D eigenvalue weighted by Gasteiger charge is -2.18. The molecule has 0 unspecified atom stereocenters. The molecule has 0 radical (unpaired) electrons. The number of benzene rings is 7. The van der Waals surface area contributed by atoms with E-state index < -0.39 is 72.5 Å². The van der Waals surface area contributed by atoms with E-state index >= 15 is 0 Å². The van der Waals surface area contributed by atoms with Gasteiger partial charge in [0.2, 0.25) is 0 Å². The normalized spacial score (nSPS) is 18.2. The fourth-order valence-electron chi connectivity index (χ4n) is 4.95. The molecule has 8 rings (SSSR count). The van der Waals surface area contributed by atoms with E-state index in [-0.39, 0.29) is 107 Å². The van der Waals surface area contributed by atoms with Gasteiger partial charge < -0.3 is 4.42 Å². The number of fused-ring (bicyclic) bond motifs is 6. The zero-order chi connectivity index (χ0) is 39.1.